The monoisotopic (exact) mass is 621 g/mol. The van der Waals surface area contributed by atoms with Gasteiger partial charge in [0, 0.05) is 35.3 Å². The summed E-state index contributed by atoms with van der Waals surface area (Å²) in [5.41, 5.74) is 1.47. The third-order valence-electron chi connectivity index (χ3n) is 6.57. The van der Waals surface area contributed by atoms with Crippen molar-refractivity contribution in [1.29, 1.82) is 0 Å². The van der Waals surface area contributed by atoms with E-state index in [1.165, 1.54) is 50.4 Å². The number of carbonyl (C=O) groups excluding carboxylic acids is 2. The Balaban J connectivity index is 2.15. The van der Waals surface area contributed by atoms with Gasteiger partial charge in [-0.15, -0.1) is 0 Å². The van der Waals surface area contributed by atoms with E-state index >= 15 is 0 Å². The lowest BCUT2D eigenvalue weighted by Gasteiger charge is -2.33. The number of aryl methyl sites for hydroxylation is 1. The molecule has 0 spiro atoms. The molecule has 0 saturated carbocycles. The molecule has 1 atom stereocenters. The van der Waals surface area contributed by atoms with Gasteiger partial charge in [0.15, 0.2) is 11.5 Å². The van der Waals surface area contributed by atoms with E-state index in [4.69, 9.17) is 32.7 Å². The summed E-state index contributed by atoms with van der Waals surface area (Å²) < 4.78 is 39.7. The fraction of sp³-hybridized carbons (Fsp3) is 0.310. The maximum absolute atomic E-state index is 14.1. The molecule has 0 aliphatic heterocycles. The van der Waals surface area contributed by atoms with Gasteiger partial charge in [-0.2, -0.15) is 0 Å². The largest absolute Gasteiger partial charge is 0.493 e. The molecule has 41 heavy (non-hydrogen) atoms. The van der Waals surface area contributed by atoms with Crippen LogP contribution in [-0.2, 0) is 26.2 Å². The number of carbonyl (C=O) groups is 2. The average Bonchev–Trinajstić information content (AvgIpc) is 2.96. The minimum absolute atomic E-state index is 0.00951. The van der Waals surface area contributed by atoms with Gasteiger partial charge in [-0.1, -0.05) is 53.9 Å². The molecule has 0 heterocycles. The second kappa shape index (κ2) is 13.9. The van der Waals surface area contributed by atoms with E-state index in [2.05, 4.69) is 5.32 Å². The standard InChI is InChI=1S/C29H33Cl2N3O6S/c1-6-25(29(36)32-3)33(17-22-23(30)8-7-9-24(22)31)28(35)18-34(20-12-15-26(39-4)27(16-20)40-5)41(37,38)21-13-10-19(2)11-14-21/h7-16,25H,6,17-18H2,1-5H3,(H,32,36)/t25-/m1/s1. The van der Waals surface area contributed by atoms with E-state index in [0.717, 1.165) is 9.87 Å². The molecule has 3 aromatic rings. The number of hydrogen-bond donors (Lipinski definition) is 1. The lowest BCUT2D eigenvalue weighted by Crippen LogP contribution is -2.51. The Hall–Kier alpha value is -3.47. The molecule has 0 saturated heterocycles. The van der Waals surface area contributed by atoms with E-state index in [1.54, 1.807) is 43.3 Å². The van der Waals surface area contributed by atoms with Gasteiger partial charge in [0.25, 0.3) is 10.0 Å². The Morgan fingerprint density at radius 1 is 0.951 bits per heavy atom. The summed E-state index contributed by atoms with van der Waals surface area (Å²) in [6.45, 7) is 2.85. The first kappa shape index (κ1) is 32.0. The van der Waals surface area contributed by atoms with Crippen LogP contribution in [0.4, 0.5) is 5.69 Å². The predicted molar refractivity (Wildman–Crippen MR) is 160 cm³/mol. The molecule has 0 aromatic heterocycles. The van der Waals surface area contributed by atoms with Crippen molar-refractivity contribution in [1.82, 2.24) is 10.2 Å². The molecular formula is C29H33Cl2N3O6S. The number of likely N-dealkylation sites (N-methyl/N-ethyl adjacent to an activating group) is 1. The Bertz CT molecular complexity index is 1480. The molecule has 1 N–H and O–H groups in total. The molecule has 9 nitrogen and oxygen atoms in total. The van der Waals surface area contributed by atoms with Crippen molar-refractivity contribution in [2.75, 3.05) is 32.1 Å². The normalized spacial score (nSPS) is 11.9. The van der Waals surface area contributed by atoms with Gasteiger partial charge in [-0.3, -0.25) is 13.9 Å². The first-order chi connectivity index (χ1) is 19.5. The zero-order valence-corrected chi connectivity index (χ0v) is 25.8. The molecule has 12 heteroatoms. The van der Waals surface area contributed by atoms with Crippen molar-refractivity contribution in [3.63, 3.8) is 0 Å². The minimum atomic E-state index is -4.25. The van der Waals surface area contributed by atoms with Crippen LogP contribution in [0, 0.1) is 6.92 Å². The van der Waals surface area contributed by atoms with E-state index in [0.29, 0.717) is 21.4 Å². The summed E-state index contributed by atoms with van der Waals surface area (Å²) in [4.78, 5) is 28.2. The van der Waals surface area contributed by atoms with Crippen LogP contribution in [-0.4, -0.2) is 59.0 Å². The first-order valence-electron chi connectivity index (χ1n) is 12.7. The van der Waals surface area contributed by atoms with Crippen molar-refractivity contribution in [2.45, 2.75) is 37.8 Å². The van der Waals surface area contributed by atoms with E-state index in [1.807, 2.05) is 6.92 Å². The average molecular weight is 623 g/mol. The number of rotatable bonds is 12. The highest BCUT2D eigenvalue weighted by atomic mass is 35.5. The van der Waals surface area contributed by atoms with Crippen molar-refractivity contribution < 1.29 is 27.5 Å². The highest BCUT2D eigenvalue weighted by molar-refractivity contribution is 7.92. The molecule has 0 aliphatic rings. The highest BCUT2D eigenvalue weighted by Crippen LogP contribution is 2.34. The van der Waals surface area contributed by atoms with E-state index in [-0.39, 0.29) is 29.3 Å². The third kappa shape index (κ3) is 7.25. The fourth-order valence-corrected chi connectivity index (χ4v) is 6.21. The molecule has 3 aromatic carbocycles. The number of hydrogen-bond acceptors (Lipinski definition) is 6. The molecule has 0 aliphatic carbocycles. The van der Waals surface area contributed by atoms with Crippen LogP contribution in [0.3, 0.4) is 0 Å². The maximum atomic E-state index is 14.1. The zero-order valence-electron chi connectivity index (χ0n) is 23.5. The SMILES string of the molecule is CC[C@H](C(=O)NC)N(Cc1c(Cl)cccc1Cl)C(=O)CN(c1ccc(OC)c(OC)c1)S(=O)(=O)c1ccc(C)cc1. The number of halogens is 2. The summed E-state index contributed by atoms with van der Waals surface area (Å²) in [6.07, 6.45) is 0.258. The lowest BCUT2D eigenvalue weighted by atomic mass is 10.1. The summed E-state index contributed by atoms with van der Waals surface area (Å²) in [5.74, 6) is -0.390. The smallest absolute Gasteiger partial charge is 0.264 e. The minimum Gasteiger partial charge on any atom is -0.493 e. The van der Waals surface area contributed by atoms with Crippen LogP contribution in [0.2, 0.25) is 10.0 Å². The molecule has 0 bridgehead atoms. The van der Waals surface area contributed by atoms with Gasteiger partial charge in [-0.05, 0) is 49.7 Å². The highest BCUT2D eigenvalue weighted by Gasteiger charge is 2.34. The summed E-state index contributed by atoms with van der Waals surface area (Å²) in [5, 5.41) is 3.20. The fourth-order valence-electron chi connectivity index (χ4n) is 4.29. The number of amides is 2. The van der Waals surface area contributed by atoms with Gasteiger partial charge in [-0.25, -0.2) is 8.42 Å². The summed E-state index contributed by atoms with van der Waals surface area (Å²) in [7, 11) is 0.0996. The quantitative estimate of drug-likeness (QED) is 0.303. The van der Waals surface area contributed by atoms with Crippen LogP contribution in [0.1, 0.15) is 24.5 Å². The van der Waals surface area contributed by atoms with Crippen LogP contribution in [0.5, 0.6) is 11.5 Å². The summed E-state index contributed by atoms with van der Waals surface area (Å²) in [6, 6.07) is 14.8. The number of benzene rings is 3. The zero-order chi connectivity index (χ0) is 30.3. The number of anilines is 1. The van der Waals surface area contributed by atoms with Crippen molar-refractivity contribution in [2.24, 2.45) is 0 Å². The Labute approximate surface area is 251 Å². The van der Waals surface area contributed by atoms with Crippen molar-refractivity contribution in [3.05, 3.63) is 81.8 Å². The third-order valence-corrected chi connectivity index (χ3v) is 9.06. The predicted octanol–water partition coefficient (Wildman–Crippen LogP) is 5.07. The number of ether oxygens (including phenoxy) is 2. The summed E-state index contributed by atoms with van der Waals surface area (Å²) >= 11 is 12.8. The van der Waals surface area contributed by atoms with Crippen molar-refractivity contribution >= 4 is 50.7 Å². The molecule has 3 rings (SSSR count). The maximum Gasteiger partial charge on any atom is 0.264 e. The van der Waals surface area contributed by atoms with Gasteiger partial charge in [0.05, 0.1) is 24.8 Å². The van der Waals surface area contributed by atoms with E-state index in [9.17, 15) is 18.0 Å². The first-order valence-corrected chi connectivity index (χ1v) is 14.9. The second-order valence-electron chi connectivity index (χ2n) is 9.12. The number of sulfonamides is 1. The number of nitrogens with zero attached hydrogens (tertiary/aromatic N) is 2. The van der Waals surface area contributed by atoms with Gasteiger partial charge in [0.1, 0.15) is 12.6 Å². The molecule has 0 fully saturated rings. The van der Waals surface area contributed by atoms with Crippen molar-refractivity contribution in [3.8, 4) is 11.5 Å². The Morgan fingerprint density at radius 3 is 2.10 bits per heavy atom. The van der Waals surface area contributed by atoms with Crippen LogP contribution in [0.15, 0.2) is 65.6 Å². The molecule has 2 amide bonds. The molecule has 0 radical (unpaired) electrons. The van der Waals surface area contributed by atoms with Gasteiger partial charge >= 0.3 is 0 Å². The second-order valence-corrected chi connectivity index (χ2v) is 11.8. The number of methoxy groups -OCH3 is 2. The van der Waals surface area contributed by atoms with Gasteiger partial charge in [0.2, 0.25) is 11.8 Å². The van der Waals surface area contributed by atoms with Crippen LogP contribution in [0.25, 0.3) is 0 Å². The van der Waals surface area contributed by atoms with Crippen LogP contribution < -0.4 is 19.1 Å². The van der Waals surface area contributed by atoms with E-state index < -0.39 is 34.4 Å². The van der Waals surface area contributed by atoms with Crippen LogP contribution >= 0.6 is 23.2 Å². The number of nitrogens with one attached hydrogen (secondary N) is 1. The molecule has 0 unspecified atom stereocenters. The molecule has 220 valence electrons. The topological polar surface area (TPSA) is 105 Å². The van der Waals surface area contributed by atoms with Gasteiger partial charge < -0.3 is 19.7 Å². The lowest BCUT2D eigenvalue weighted by molar-refractivity contribution is -0.140. The Morgan fingerprint density at radius 2 is 1.56 bits per heavy atom. The Kier molecular flexibility index (Phi) is 10.9. The molecular weight excluding hydrogens is 589 g/mol.